The molecule has 4 rings (SSSR count). The van der Waals surface area contributed by atoms with Crippen LogP contribution in [0.2, 0.25) is 0 Å². The van der Waals surface area contributed by atoms with Gasteiger partial charge in [-0.05, 0) is 36.6 Å². The number of ether oxygens (including phenoxy) is 1. The van der Waals surface area contributed by atoms with Crippen LogP contribution in [-0.2, 0) is 11.3 Å². The second kappa shape index (κ2) is 8.71. The van der Waals surface area contributed by atoms with Crippen molar-refractivity contribution in [3.05, 3.63) is 71.4 Å². The largest absolute Gasteiger partial charge is 0.465 e. The molecule has 6 heteroatoms. The zero-order chi connectivity index (χ0) is 21.1. The molecule has 1 fully saturated rings. The van der Waals surface area contributed by atoms with E-state index in [2.05, 4.69) is 5.32 Å². The smallest absolute Gasteiger partial charge is 0.337 e. The van der Waals surface area contributed by atoms with Gasteiger partial charge in [-0.25, -0.2) is 4.79 Å². The van der Waals surface area contributed by atoms with Crippen molar-refractivity contribution >= 4 is 22.8 Å². The summed E-state index contributed by atoms with van der Waals surface area (Å²) in [6.07, 6.45) is 4.94. The monoisotopic (exact) mass is 406 g/mol. The Morgan fingerprint density at radius 1 is 1.10 bits per heavy atom. The van der Waals surface area contributed by atoms with E-state index in [1.807, 2.05) is 47.2 Å². The summed E-state index contributed by atoms with van der Waals surface area (Å²) in [5, 5.41) is 14.1. The van der Waals surface area contributed by atoms with E-state index in [0.29, 0.717) is 17.7 Å². The molecule has 3 aromatic rings. The van der Waals surface area contributed by atoms with Gasteiger partial charge in [0.25, 0.3) is 5.91 Å². The maximum absolute atomic E-state index is 13.0. The number of methoxy groups -OCH3 is 1. The lowest BCUT2D eigenvalue weighted by atomic mass is 9.92. The van der Waals surface area contributed by atoms with Crippen molar-refractivity contribution in [3.8, 4) is 0 Å². The molecule has 1 saturated carbocycles. The van der Waals surface area contributed by atoms with Crippen molar-refractivity contribution in [1.82, 2.24) is 9.88 Å². The van der Waals surface area contributed by atoms with Crippen LogP contribution in [0.25, 0.3) is 10.9 Å². The van der Waals surface area contributed by atoms with E-state index in [0.717, 1.165) is 42.1 Å². The minimum Gasteiger partial charge on any atom is -0.465 e. The number of nitrogens with one attached hydrogen (secondary N) is 1. The molecule has 30 heavy (non-hydrogen) atoms. The van der Waals surface area contributed by atoms with E-state index in [1.54, 1.807) is 12.1 Å². The molecule has 0 spiro atoms. The van der Waals surface area contributed by atoms with Gasteiger partial charge < -0.3 is 19.7 Å². The van der Waals surface area contributed by atoms with E-state index in [-0.39, 0.29) is 17.9 Å². The number of benzene rings is 2. The van der Waals surface area contributed by atoms with Gasteiger partial charge in [0.15, 0.2) is 0 Å². The molecule has 156 valence electrons. The molecule has 1 heterocycles. The lowest BCUT2D eigenvalue weighted by Gasteiger charge is -2.28. The van der Waals surface area contributed by atoms with Gasteiger partial charge in [0.2, 0.25) is 0 Å². The van der Waals surface area contributed by atoms with Crippen LogP contribution in [-0.4, -0.2) is 40.8 Å². The van der Waals surface area contributed by atoms with Crippen molar-refractivity contribution < 1.29 is 19.4 Å². The molecular formula is C24H26N2O4. The Morgan fingerprint density at radius 3 is 2.57 bits per heavy atom. The molecule has 0 bridgehead atoms. The fourth-order valence-electron chi connectivity index (χ4n) is 4.15. The fourth-order valence-corrected chi connectivity index (χ4v) is 4.15. The highest BCUT2D eigenvalue weighted by Crippen LogP contribution is 2.24. The number of aromatic nitrogens is 1. The quantitative estimate of drug-likeness (QED) is 0.636. The maximum atomic E-state index is 13.0. The predicted octanol–water partition coefficient (Wildman–Crippen LogP) is 3.51. The van der Waals surface area contributed by atoms with Crippen molar-refractivity contribution in [2.75, 3.05) is 7.11 Å². The third-order valence-corrected chi connectivity index (χ3v) is 5.81. The molecule has 0 unspecified atom stereocenters. The fraction of sp³-hybridized carbons (Fsp3) is 0.333. The number of hydrogen-bond donors (Lipinski definition) is 2. The first-order valence-corrected chi connectivity index (χ1v) is 10.3. The van der Waals surface area contributed by atoms with E-state index in [4.69, 9.17) is 4.74 Å². The second-order valence-corrected chi connectivity index (χ2v) is 7.81. The van der Waals surface area contributed by atoms with Crippen LogP contribution in [0, 0.1) is 0 Å². The molecule has 2 atom stereocenters. The molecule has 0 aliphatic heterocycles. The van der Waals surface area contributed by atoms with Gasteiger partial charge >= 0.3 is 5.97 Å². The SMILES string of the molecule is COC(=O)c1ccc(Cn2cc(C(=O)N[C@H]3CCCC[C@@H]3O)c3ccccc32)cc1. The number of esters is 1. The Kier molecular flexibility index (Phi) is 5.86. The van der Waals surface area contributed by atoms with Gasteiger partial charge in [0.05, 0.1) is 30.4 Å². The summed E-state index contributed by atoms with van der Waals surface area (Å²) in [6, 6.07) is 14.9. The topological polar surface area (TPSA) is 80.6 Å². The molecule has 1 aliphatic carbocycles. The van der Waals surface area contributed by atoms with Crippen molar-refractivity contribution in [2.24, 2.45) is 0 Å². The third kappa shape index (κ3) is 4.09. The number of fused-ring (bicyclic) bond motifs is 1. The van der Waals surface area contributed by atoms with Crippen LogP contribution in [0.1, 0.15) is 52.0 Å². The van der Waals surface area contributed by atoms with Crippen molar-refractivity contribution in [2.45, 2.75) is 44.4 Å². The van der Waals surface area contributed by atoms with Crippen LogP contribution < -0.4 is 5.32 Å². The van der Waals surface area contributed by atoms with Gasteiger partial charge in [0.1, 0.15) is 0 Å². The average Bonchev–Trinajstić information content (AvgIpc) is 3.14. The van der Waals surface area contributed by atoms with Crippen LogP contribution in [0.3, 0.4) is 0 Å². The lowest BCUT2D eigenvalue weighted by molar-refractivity contribution is 0.0600. The number of carbonyl (C=O) groups excluding carboxylic acids is 2. The molecule has 0 saturated heterocycles. The number of para-hydroxylation sites is 1. The first-order chi connectivity index (χ1) is 14.6. The number of carbonyl (C=O) groups is 2. The number of rotatable bonds is 5. The Labute approximate surface area is 175 Å². The van der Waals surface area contributed by atoms with Crippen LogP contribution in [0.15, 0.2) is 54.7 Å². The van der Waals surface area contributed by atoms with Gasteiger partial charge in [-0.15, -0.1) is 0 Å². The maximum Gasteiger partial charge on any atom is 0.337 e. The summed E-state index contributed by atoms with van der Waals surface area (Å²) < 4.78 is 6.78. The molecule has 6 nitrogen and oxygen atoms in total. The summed E-state index contributed by atoms with van der Waals surface area (Å²) in [5.41, 5.74) is 3.08. The highest BCUT2D eigenvalue weighted by molar-refractivity contribution is 6.07. The van der Waals surface area contributed by atoms with Gasteiger partial charge in [-0.3, -0.25) is 4.79 Å². The molecule has 2 aromatic carbocycles. The Morgan fingerprint density at radius 2 is 1.83 bits per heavy atom. The normalized spacial score (nSPS) is 18.9. The summed E-state index contributed by atoms with van der Waals surface area (Å²) in [5.74, 6) is -0.520. The number of aliphatic hydroxyl groups excluding tert-OH is 1. The van der Waals surface area contributed by atoms with Gasteiger partial charge in [0, 0.05) is 23.6 Å². The summed E-state index contributed by atoms with van der Waals surface area (Å²) in [7, 11) is 1.36. The minimum absolute atomic E-state index is 0.156. The van der Waals surface area contributed by atoms with E-state index in [9.17, 15) is 14.7 Å². The standard InChI is InChI=1S/C24H26N2O4/c1-30-24(29)17-12-10-16(11-13-17)14-26-15-19(18-6-2-4-8-21(18)26)23(28)25-20-7-3-5-9-22(20)27/h2,4,6,8,10-13,15,20,22,27H,3,5,7,9,14H2,1H3,(H,25,28)/t20-,22-/m0/s1. The van der Waals surface area contributed by atoms with Crippen molar-refractivity contribution in [3.63, 3.8) is 0 Å². The second-order valence-electron chi connectivity index (χ2n) is 7.81. The first-order valence-electron chi connectivity index (χ1n) is 10.3. The van der Waals surface area contributed by atoms with Crippen LogP contribution in [0.5, 0.6) is 0 Å². The van der Waals surface area contributed by atoms with Crippen LogP contribution in [0.4, 0.5) is 0 Å². The van der Waals surface area contributed by atoms with Gasteiger partial charge in [-0.2, -0.15) is 0 Å². The molecule has 1 aliphatic rings. The number of amides is 1. The van der Waals surface area contributed by atoms with E-state index >= 15 is 0 Å². The highest BCUT2D eigenvalue weighted by Gasteiger charge is 2.26. The zero-order valence-electron chi connectivity index (χ0n) is 17.0. The molecule has 1 aromatic heterocycles. The van der Waals surface area contributed by atoms with E-state index < -0.39 is 6.10 Å². The van der Waals surface area contributed by atoms with E-state index in [1.165, 1.54) is 7.11 Å². The van der Waals surface area contributed by atoms with Crippen molar-refractivity contribution in [1.29, 1.82) is 0 Å². The molecule has 0 radical (unpaired) electrons. The summed E-state index contributed by atoms with van der Waals surface area (Å²) >= 11 is 0. The minimum atomic E-state index is -0.482. The molecular weight excluding hydrogens is 380 g/mol. The van der Waals surface area contributed by atoms with Crippen LogP contribution >= 0.6 is 0 Å². The lowest BCUT2D eigenvalue weighted by Crippen LogP contribution is -2.45. The highest BCUT2D eigenvalue weighted by atomic mass is 16.5. The first kappa shape index (κ1) is 20.2. The zero-order valence-corrected chi connectivity index (χ0v) is 17.0. The number of hydrogen-bond acceptors (Lipinski definition) is 4. The summed E-state index contributed by atoms with van der Waals surface area (Å²) in [6.45, 7) is 0.571. The van der Waals surface area contributed by atoms with Gasteiger partial charge in [-0.1, -0.05) is 43.2 Å². The Hall–Kier alpha value is -3.12. The number of aliphatic hydroxyl groups is 1. The summed E-state index contributed by atoms with van der Waals surface area (Å²) in [4.78, 5) is 24.6. The Bertz CT molecular complexity index is 1050. The average molecular weight is 406 g/mol. The molecule has 1 amide bonds. The molecule has 2 N–H and O–H groups in total. The predicted molar refractivity (Wildman–Crippen MR) is 115 cm³/mol. The Balaban J connectivity index is 1.59. The number of nitrogens with zero attached hydrogens (tertiary/aromatic N) is 1. The third-order valence-electron chi connectivity index (χ3n) is 5.81.